The van der Waals surface area contributed by atoms with E-state index in [0.717, 1.165) is 23.3 Å². The van der Waals surface area contributed by atoms with Crippen molar-refractivity contribution in [2.45, 2.75) is 45.6 Å². The van der Waals surface area contributed by atoms with Gasteiger partial charge in [0, 0.05) is 29.8 Å². The number of hydrogen-bond donors (Lipinski definition) is 2. The minimum atomic E-state index is -0.379. The molecule has 0 bridgehead atoms. The van der Waals surface area contributed by atoms with Gasteiger partial charge in [-0.25, -0.2) is 4.98 Å². The van der Waals surface area contributed by atoms with Gasteiger partial charge >= 0.3 is 0 Å². The van der Waals surface area contributed by atoms with E-state index in [1.807, 2.05) is 50.4 Å². The van der Waals surface area contributed by atoms with E-state index in [1.54, 1.807) is 12.1 Å². The SMILES string of the molecule is CCCc1cc(=O)[nH]c(-n2nc(-c3cccs3)cc2NC(=O)COc2cccc3c2OC(C)(C)C3)n1. The van der Waals surface area contributed by atoms with E-state index in [4.69, 9.17) is 9.47 Å². The highest BCUT2D eigenvalue weighted by atomic mass is 32.1. The molecule has 2 N–H and O–H groups in total. The van der Waals surface area contributed by atoms with Crippen LogP contribution in [0.25, 0.3) is 16.5 Å². The lowest BCUT2D eigenvalue weighted by Crippen LogP contribution is -2.25. The van der Waals surface area contributed by atoms with E-state index in [2.05, 4.69) is 20.4 Å². The average molecular weight is 506 g/mol. The third-order valence-electron chi connectivity index (χ3n) is 5.65. The van der Waals surface area contributed by atoms with Crippen molar-refractivity contribution in [2.24, 2.45) is 0 Å². The molecule has 10 heteroatoms. The third-order valence-corrected chi connectivity index (χ3v) is 6.55. The molecule has 0 atom stereocenters. The van der Waals surface area contributed by atoms with Crippen molar-refractivity contribution in [3.05, 3.63) is 69.5 Å². The van der Waals surface area contributed by atoms with Gasteiger partial charge in [0.2, 0.25) is 5.95 Å². The lowest BCUT2D eigenvalue weighted by Gasteiger charge is -2.18. The van der Waals surface area contributed by atoms with Crippen molar-refractivity contribution in [3.8, 4) is 28.0 Å². The van der Waals surface area contributed by atoms with Crippen LogP contribution in [0.5, 0.6) is 11.5 Å². The number of thiophene rings is 1. The van der Waals surface area contributed by atoms with Gasteiger partial charge in [-0.15, -0.1) is 11.3 Å². The number of anilines is 1. The number of fused-ring (bicyclic) bond motifs is 1. The first kappa shape index (κ1) is 23.8. The Morgan fingerprint density at radius 3 is 2.92 bits per heavy atom. The maximum Gasteiger partial charge on any atom is 0.263 e. The van der Waals surface area contributed by atoms with Crippen molar-refractivity contribution in [1.29, 1.82) is 0 Å². The highest BCUT2D eigenvalue weighted by Crippen LogP contribution is 2.41. The lowest BCUT2D eigenvalue weighted by atomic mass is 10.0. The van der Waals surface area contributed by atoms with Gasteiger partial charge in [-0.1, -0.05) is 31.5 Å². The maximum absolute atomic E-state index is 12.9. The Bertz CT molecular complexity index is 1460. The number of amides is 1. The van der Waals surface area contributed by atoms with Gasteiger partial charge in [0.1, 0.15) is 17.1 Å². The number of benzene rings is 1. The summed E-state index contributed by atoms with van der Waals surface area (Å²) < 4.78 is 13.3. The summed E-state index contributed by atoms with van der Waals surface area (Å²) in [4.78, 5) is 33.4. The summed E-state index contributed by atoms with van der Waals surface area (Å²) in [7, 11) is 0. The number of carbonyl (C=O) groups is 1. The quantitative estimate of drug-likeness (QED) is 0.368. The second-order valence-corrected chi connectivity index (χ2v) is 10.2. The molecule has 0 fully saturated rings. The van der Waals surface area contributed by atoms with Gasteiger partial charge in [0.05, 0.1) is 4.88 Å². The molecule has 36 heavy (non-hydrogen) atoms. The van der Waals surface area contributed by atoms with Gasteiger partial charge < -0.3 is 14.8 Å². The Balaban J connectivity index is 1.39. The highest BCUT2D eigenvalue weighted by molar-refractivity contribution is 7.13. The first-order chi connectivity index (χ1) is 17.3. The number of aromatic nitrogens is 4. The monoisotopic (exact) mass is 505 g/mol. The molecule has 9 nitrogen and oxygen atoms in total. The number of rotatable bonds is 8. The van der Waals surface area contributed by atoms with Crippen LogP contribution in [0.4, 0.5) is 5.82 Å². The smallest absolute Gasteiger partial charge is 0.263 e. The van der Waals surface area contributed by atoms with E-state index >= 15 is 0 Å². The van der Waals surface area contributed by atoms with Crippen molar-refractivity contribution < 1.29 is 14.3 Å². The van der Waals surface area contributed by atoms with Crippen LogP contribution in [0.15, 0.2) is 52.6 Å². The number of carbonyl (C=O) groups excluding carboxylic acids is 1. The van der Waals surface area contributed by atoms with Gasteiger partial charge in [0.15, 0.2) is 18.1 Å². The Kier molecular flexibility index (Phi) is 6.36. The Morgan fingerprint density at radius 1 is 1.28 bits per heavy atom. The van der Waals surface area contributed by atoms with Crippen LogP contribution in [0.2, 0.25) is 0 Å². The summed E-state index contributed by atoms with van der Waals surface area (Å²) in [6, 6.07) is 12.8. The van der Waals surface area contributed by atoms with Crippen molar-refractivity contribution in [2.75, 3.05) is 11.9 Å². The number of para-hydroxylation sites is 1. The van der Waals surface area contributed by atoms with E-state index in [0.29, 0.717) is 35.1 Å². The maximum atomic E-state index is 12.9. The fraction of sp³-hybridized carbons (Fsp3) is 0.308. The highest BCUT2D eigenvalue weighted by Gasteiger charge is 2.32. The van der Waals surface area contributed by atoms with E-state index in [-0.39, 0.29) is 29.6 Å². The Morgan fingerprint density at radius 2 is 2.14 bits per heavy atom. The Hall–Kier alpha value is -3.92. The summed E-state index contributed by atoms with van der Waals surface area (Å²) in [5, 5.41) is 9.42. The molecule has 0 unspecified atom stereocenters. The van der Waals surface area contributed by atoms with Gasteiger partial charge in [-0.3, -0.25) is 14.6 Å². The van der Waals surface area contributed by atoms with Gasteiger partial charge in [-0.2, -0.15) is 9.78 Å². The molecule has 0 saturated carbocycles. The Labute approximate surface area is 212 Å². The van der Waals surface area contributed by atoms with Crippen molar-refractivity contribution >= 4 is 23.1 Å². The predicted octanol–water partition coefficient (Wildman–Crippen LogP) is 4.37. The molecule has 0 spiro atoms. The van der Waals surface area contributed by atoms with Crippen LogP contribution >= 0.6 is 11.3 Å². The third kappa shape index (κ3) is 5.03. The molecule has 1 aliphatic heterocycles. The molecule has 4 aromatic rings. The average Bonchev–Trinajstić information content (AvgIpc) is 3.55. The number of aryl methyl sites for hydroxylation is 1. The second kappa shape index (κ2) is 9.62. The van der Waals surface area contributed by atoms with Crippen LogP contribution in [0, 0.1) is 0 Å². The first-order valence-electron chi connectivity index (χ1n) is 11.8. The van der Waals surface area contributed by atoms with Crippen molar-refractivity contribution in [1.82, 2.24) is 19.7 Å². The largest absolute Gasteiger partial charge is 0.483 e. The molecule has 0 radical (unpaired) electrons. The molecule has 3 aromatic heterocycles. The predicted molar refractivity (Wildman–Crippen MR) is 138 cm³/mol. The number of H-pyrrole nitrogens is 1. The number of nitrogens with zero attached hydrogens (tertiary/aromatic N) is 3. The van der Waals surface area contributed by atoms with Crippen LogP contribution in [-0.4, -0.2) is 37.9 Å². The van der Waals surface area contributed by atoms with Crippen LogP contribution < -0.4 is 20.3 Å². The van der Waals surface area contributed by atoms with Crippen LogP contribution in [0.1, 0.15) is 38.4 Å². The molecular weight excluding hydrogens is 478 g/mol. The molecule has 1 aliphatic rings. The number of aromatic amines is 1. The van der Waals surface area contributed by atoms with E-state index < -0.39 is 0 Å². The number of ether oxygens (including phenoxy) is 2. The molecule has 0 saturated heterocycles. The fourth-order valence-corrected chi connectivity index (χ4v) is 4.86. The minimum Gasteiger partial charge on any atom is -0.483 e. The van der Waals surface area contributed by atoms with Gasteiger partial charge in [-0.05, 0) is 37.8 Å². The van der Waals surface area contributed by atoms with Crippen LogP contribution in [0.3, 0.4) is 0 Å². The molecule has 1 amide bonds. The number of hydrogen-bond acceptors (Lipinski definition) is 7. The standard InChI is InChI=1S/C26H27N5O4S/c1-4-7-17-12-22(32)29-25(27-17)31-21(13-18(30-31)20-10-6-11-36-20)28-23(33)15-34-19-9-5-8-16-14-26(2,3)35-24(16)19/h5-6,8-13H,4,7,14-15H2,1-3H3,(H,28,33)(H,27,29,32). The molecule has 186 valence electrons. The summed E-state index contributed by atoms with van der Waals surface area (Å²) in [6.07, 6.45) is 2.28. The molecular formula is C26H27N5O4S. The zero-order valence-corrected chi connectivity index (χ0v) is 21.1. The fourth-order valence-electron chi connectivity index (χ4n) is 4.18. The minimum absolute atomic E-state index is 0.223. The summed E-state index contributed by atoms with van der Waals surface area (Å²) >= 11 is 1.53. The normalized spacial score (nSPS) is 13.8. The molecule has 4 heterocycles. The van der Waals surface area contributed by atoms with E-state index in [9.17, 15) is 9.59 Å². The van der Waals surface area contributed by atoms with Crippen molar-refractivity contribution in [3.63, 3.8) is 0 Å². The van der Waals surface area contributed by atoms with E-state index in [1.165, 1.54) is 22.1 Å². The van der Waals surface area contributed by atoms with Crippen LogP contribution in [-0.2, 0) is 17.6 Å². The number of nitrogens with one attached hydrogen (secondary N) is 2. The second-order valence-electron chi connectivity index (χ2n) is 9.23. The summed E-state index contributed by atoms with van der Waals surface area (Å²) in [5.74, 6) is 1.44. The topological polar surface area (TPSA) is 111 Å². The summed E-state index contributed by atoms with van der Waals surface area (Å²) in [6.45, 7) is 5.83. The first-order valence-corrected chi connectivity index (χ1v) is 12.7. The molecule has 0 aliphatic carbocycles. The molecule has 5 rings (SSSR count). The zero-order chi connectivity index (χ0) is 25.3. The van der Waals surface area contributed by atoms with Gasteiger partial charge in [0.25, 0.3) is 11.5 Å². The molecule has 1 aromatic carbocycles. The summed E-state index contributed by atoms with van der Waals surface area (Å²) in [5.41, 5.74) is 1.77. The zero-order valence-electron chi connectivity index (χ0n) is 20.3. The lowest BCUT2D eigenvalue weighted by molar-refractivity contribution is -0.118.